The van der Waals surface area contributed by atoms with Gasteiger partial charge >= 0.3 is 0 Å². The standard InChI is InChI=1S/C14H14BrClFNS/c1-2-18-13(10-7-19-8-11(10)15)6-9-4-3-5-12(16)14(9)17/h3-5,7-8,13,18H,2,6H2,1H3. The molecule has 2 aromatic rings. The monoisotopic (exact) mass is 361 g/mol. The van der Waals surface area contributed by atoms with Crippen LogP contribution in [0.3, 0.4) is 0 Å². The van der Waals surface area contributed by atoms with Crippen molar-refractivity contribution in [2.24, 2.45) is 0 Å². The van der Waals surface area contributed by atoms with Gasteiger partial charge in [0.15, 0.2) is 0 Å². The van der Waals surface area contributed by atoms with Crippen molar-refractivity contribution in [2.45, 2.75) is 19.4 Å². The molecule has 0 saturated heterocycles. The zero-order valence-corrected chi connectivity index (χ0v) is 13.6. The highest BCUT2D eigenvalue weighted by Gasteiger charge is 2.17. The molecule has 0 aliphatic carbocycles. The molecule has 0 spiro atoms. The second-order valence-corrected chi connectivity index (χ2v) is 6.21. The molecule has 2 rings (SSSR count). The summed E-state index contributed by atoms with van der Waals surface area (Å²) in [5.74, 6) is -0.321. The third-order valence-corrected chi connectivity index (χ3v) is 4.97. The maximum absolute atomic E-state index is 14.0. The Morgan fingerprint density at radius 2 is 2.21 bits per heavy atom. The van der Waals surface area contributed by atoms with Crippen LogP contribution in [0.5, 0.6) is 0 Å². The topological polar surface area (TPSA) is 12.0 Å². The fraction of sp³-hybridized carbons (Fsp3) is 0.286. The van der Waals surface area contributed by atoms with E-state index in [1.54, 1.807) is 29.5 Å². The van der Waals surface area contributed by atoms with Gasteiger partial charge in [0.1, 0.15) is 5.82 Å². The zero-order chi connectivity index (χ0) is 13.8. The first-order valence-corrected chi connectivity index (χ1v) is 8.12. The number of rotatable bonds is 5. The molecule has 1 nitrogen and oxygen atoms in total. The highest BCUT2D eigenvalue weighted by Crippen LogP contribution is 2.30. The molecule has 1 aromatic heterocycles. The summed E-state index contributed by atoms with van der Waals surface area (Å²) in [4.78, 5) is 0. The summed E-state index contributed by atoms with van der Waals surface area (Å²) >= 11 is 11.0. The van der Waals surface area contributed by atoms with E-state index in [0.717, 1.165) is 16.6 Å². The molecule has 0 bridgehead atoms. The zero-order valence-electron chi connectivity index (χ0n) is 10.4. The molecule has 5 heteroatoms. The molecule has 0 fully saturated rings. The van der Waals surface area contributed by atoms with Crippen LogP contribution in [0.1, 0.15) is 24.1 Å². The van der Waals surface area contributed by atoms with E-state index in [0.29, 0.717) is 12.0 Å². The predicted molar refractivity (Wildman–Crippen MR) is 83.6 cm³/mol. The van der Waals surface area contributed by atoms with Crippen LogP contribution < -0.4 is 5.32 Å². The SMILES string of the molecule is CCNC(Cc1cccc(Cl)c1F)c1cscc1Br. The van der Waals surface area contributed by atoms with Crippen LogP contribution in [0.2, 0.25) is 5.02 Å². The van der Waals surface area contributed by atoms with Crippen molar-refractivity contribution in [1.82, 2.24) is 5.32 Å². The van der Waals surface area contributed by atoms with E-state index < -0.39 is 0 Å². The Kier molecular flexibility index (Phi) is 5.39. The molecule has 0 radical (unpaired) electrons. The second-order valence-electron chi connectivity index (χ2n) is 4.20. The van der Waals surface area contributed by atoms with Gasteiger partial charge in [-0.3, -0.25) is 0 Å². The van der Waals surface area contributed by atoms with E-state index in [-0.39, 0.29) is 16.9 Å². The van der Waals surface area contributed by atoms with Crippen molar-refractivity contribution >= 4 is 38.9 Å². The highest BCUT2D eigenvalue weighted by atomic mass is 79.9. The van der Waals surface area contributed by atoms with Crippen LogP contribution in [-0.2, 0) is 6.42 Å². The maximum Gasteiger partial charge on any atom is 0.145 e. The summed E-state index contributed by atoms with van der Waals surface area (Å²) in [7, 11) is 0. The summed E-state index contributed by atoms with van der Waals surface area (Å²) in [5, 5.41) is 7.68. The Bertz CT molecular complexity index is 558. The molecule has 19 heavy (non-hydrogen) atoms. The first-order valence-electron chi connectivity index (χ1n) is 6.01. The van der Waals surface area contributed by atoms with Crippen molar-refractivity contribution in [3.63, 3.8) is 0 Å². The van der Waals surface area contributed by atoms with Gasteiger partial charge in [0.05, 0.1) is 5.02 Å². The van der Waals surface area contributed by atoms with Gasteiger partial charge in [-0.15, -0.1) is 0 Å². The second kappa shape index (κ2) is 6.84. The van der Waals surface area contributed by atoms with E-state index in [1.165, 1.54) is 0 Å². The van der Waals surface area contributed by atoms with E-state index in [9.17, 15) is 4.39 Å². The number of hydrogen-bond donors (Lipinski definition) is 1. The van der Waals surface area contributed by atoms with Gasteiger partial charge < -0.3 is 5.32 Å². The highest BCUT2D eigenvalue weighted by molar-refractivity contribution is 9.10. The van der Waals surface area contributed by atoms with Gasteiger partial charge in [0, 0.05) is 15.9 Å². The number of benzene rings is 1. The number of thiophene rings is 1. The van der Waals surface area contributed by atoms with Gasteiger partial charge in [-0.05, 0) is 51.5 Å². The summed E-state index contributed by atoms with van der Waals surface area (Å²) in [5.41, 5.74) is 1.79. The van der Waals surface area contributed by atoms with Gasteiger partial charge in [-0.2, -0.15) is 11.3 Å². The number of nitrogens with one attached hydrogen (secondary N) is 1. The Balaban J connectivity index is 2.27. The lowest BCUT2D eigenvalue weighted by Crippen LogP contribution is -2.23. The Hall–Kier alpha value is -0.420. The van der Waals surface area contributed by atoms with E-state index in [1.807, 2.05) is 12.3 Å². The van der Waals surface area contributed by atoms with Crippen LogP contribution in [0.15, 0.2) is 33.4 Å². The summed E-state index contributed by atoms with van der Waals surface area (Å²) in [6, 6.07) is 5.22. The molecular formula is C14H14BrClFNS. The van der Waals surface area contributed by atoms with E-state index >= 15 is 0 Å². The van der Waals surface area contributed by atoms with Crippen LogP contribution in [-0.4, -0.2) is 6.54 Å². The van der Waals surface area contributed by atoms with Crippen molar-refractivity contribution in [1.29, 1.82) is 0 Å². The largest absolute Gasteiger partial charge is 0.310 e. The number of likely N-dealkylation sites (N-methyl/N-ethyl adjacent to an activating group) is 1. The minimum Gasteiger partial charge on any atom is -0.310 e. The molecule has 1 atom stereocenters. The Morgan fingerprint density at radius 1 is 1.42 bits per heavy atom. The van der Waals surface area contributed by atoms with E-state index in [2.05, 4.69) is 26.6 Å². The molecule has 102 valence electrons. The Morgan fingerprint density at radius 3 is 2.84 bits per heavy atom. The molecular weight excluding hydrogens is 349 g/mol. The first-order chi connectivity index (χ1) is 9.13. The minimum absolute atomic E-state index is 0.0820. The lowest BCUT2D eigenvalue weighted by molar-refractivity contribution is 0.528. The molecule has 1 heterocycles. The average molecular weight is 363 g/mol. The molecule has 1 aromatic carbocycles. The molecule has 0 amide bonds. The van der Waals surface area contributed by atoms with Gasteiger partial charge in [-0.1, -0.05) is 30.7 Å². The molecule has 1 unspecified atom stereocenters. The smallest absolute Gasteiger partial charge is 0.145 e. The lowest BCUT2D eigenvalue weighted by atomic mass is 10.0. The fourth-order valence-electron chi connectivity index (χ4n) is 2.00. The first kappa shape index (κ1) is 15.0. The minimum atomic E-state index is -0.321. The normalized spacial score (nSPS) is 12.6. The molecule has 1 N–H and O–H groups in total. The summed E-state index contributed by atoms with van der Waals surface area (Å²) in [6.45, 7) is 2.87. The Labute approximate surface area is 129 Å². The average Bonchev–Trinajstić information content (AvgIpc) is 2.80. The summed E-state index contributed by atoms with van der Waals surface area (Å²) in [6.07, 6.45) is 0.579. The lowest BCUT2D eigenvalue weighted by Gasteiger charge is -2.18. The van der Waals surface area contributed by atoms with Crippen LogP contribution >= 0.6 is 38.9 Å². The maximum atomic E-state index is 14.0. The van der Waals surface area contributed by atoms with Crippen LogP contribution in [0.4, 0.5) is 4.39 Å². The van der Waals surface area contributed by atoms with Crippen molar-refractivity contribution < 1.29 is 4.39 Å². The van der Waals surface area contributed by atoms with Gasteiger partial charge in [0.2, 0.25) is 0 Å². The molecule has 0 aliphatic heterocycles. The van der Waals surface area contributed by atoms with Gasteiger partial charge in [0.25, 0.3) is 0 Å². The summed E-state index contributed by atoms with van der Waals surface area (Å²) < 4.78 is 15.0. The van der Waals surface area contributed by atoms with Crippen molar-refractivity contribution in [2.75, 3.05) is 6.54 Å². The van der Waals surface area contributed by atoms with E-state index in [4.69, 9.17) is 11.6 Å². The predicted octanol–water partition coefficient (Wildman–Crippen LogP) is 5.20. The van der Waals surface area contributed by atoms with Crippen LogP contribution in [0, 0.1) is 5.82 Å². The third-order valence-electron chi connectivity index (χ3n) is 2.92. The number of hydrogen-bond acceptors (Lipinski definition) is 2. The fourth-order valence-corrected chi connectivity index (χ4v) is 3.83. The quantitative estimate of drug-likeness (QED) is 0.771. The van der Waals surface area contributed by atoms with Gasteiger partial charge in [-0.25, -0.2) is 4.39 Å². The van der Waals surface area contributed by atoms with Crippen molar-refractivity contribution in [3.05, 3.63) is 55.4 Å². The number of halogens is 3. The van der Waals surface area contributed by atoms with Crippen molar-refractivity contribution in [3.8, 4) is 0 Å². The molecule has 0 aliphatic rings. The van der Waals surface area contributed by atoms with Crippen LogP contribution in [0.25, 0.3) is 0 Å². The third kappa shape index (κ3) is 3.57. The molecule has 0 saturated carbocycles.